The topological polar surface area (TPSA) is 71.7 Å². The van der Waals surface area contributed by atoms with Gasteiger partial charge in [0.2, 0.25) is 0 Å². The second-order valence-corrected chi connectivity index (χ2v) is 8.35. The number of aryl methyl sites for hydroxylation is 2. The summed E-state index contributed by atoms with van der Waals surface area (Å²) in [5.41, 5.74) is 2.38. The van der Waals surface area contributed by atoms with Crippen molar-refractivity contribution >= 4 is 29.9 Å². The van der Waals surface area contributed by atoms with Crippen molar-refractivity contribution in [2.45, 2.75) is 66.4 Å². The van der Waals surface area contributed by atoms with Crippen LogP contribution in [0.25, 0.3) is 0 Å². The number of nitrogens with zero attached hydrogens (tertiary/aromatic N) is 2. The Kier molecular flexibility index (Phi) is 10.1. The quantitative estimate of drug-likeness (QED) is 0.273. The Bertz CT molecular complexity index is 576. The first kappa shape index (κ1) is 24.2. The van der Waals surface area contributed by atoms with Crippen LogP contribution in [0, 0.1) is 25.2 Å². The van der Waals surface area contributed by atoms with E-state index in [1.54, 1.807) is 0 Å². The minimum Gasteiger partial charge on any atom is -0.377 e. The van der Waals surface area contributed by atoms with Crippen LogP contribution in [0.4, 0.5) is 0 Å². The molecule has 2 rings (SSSR count). The monoisotopic (exact) mass is 492 g/mol. The fourth-order valence-electron chi connectivity index (χ4n) is 3.79. The molecule has 156 valence electrons. The molecule has 1 aromatic heterocycles. The molecule has 0 amide bonds. The third-order valence-electron chi connectivity index (χ3n) is 5.13. The van der Waals surface area contributed by atoms with Gasteiger partial charge in [-0.05, 0) is 44.9 Å². The first-order valence-corrected chi connectivity index (χ1v) is 9.80. The Morgan fingerprint density at radius 1 is 1.26 bits per heavy atom. The molecule has 0 spiro atoms. The second-order valence-electron chi connectivity index (χ2n) is 8.35. The fraction of sp³-hybridized carbons (Fsp3) is 0.800. The maximum absolute atomic E-state index is 6.07. The Labute approximate surface area is 181 Å². The van der Waals surface area contributed by atoms with E-state index in [2.05, 4.69) is 41.6 Å². The average molecular weight is 492 g/mol. The Morgan fingerprint density at radius 3 is 2.59 bits per heavy atom. The highest BCUT2D eigenvalue weighted by Gasteiger charge is 2.35. The fourth-order valence-corrected chi connectivity index (χ4v) is 3.79. The number of aromatic nitrogens is 1. The SMILES string of the molecule is CN=C(NCCCc1c(C)noc1C)NCC1CCCOC1C(C)(C)C.I. The van der Waals surface area contributed by atoms with Gasteiger partial charge in [0.1, 0.15) is 5.76 Å². The lowest BCUT2D eigenvalue weighted by Crippen LogP contribution is -2.47. The number of guanidine groups is 1. The van der Waals surface area contributed by atoms with Gasteiger partial charge in [0, 0.05) is 38.2 Å². The molecule has 1 fully saturated rings. The zero-order valence-electron chi connectivity index (χ0n) is 17.7. The predicted molar refractivity (Wildman–Crippen MR) is 121 cm³/mol. The lowest BCUT2D eigenvalue weighted by molar-refractivity contribution is -0.0835. The van der Waals surface area contributed by atoms with Crippen LogP contribution in [-0.2, 0) is 11.2 Å². The molecule has 0 radical (unpaired) electrons. The summed E-state index contributed by atoms with van der Waals surface area (Å²) in [5.74, 6) is 2.31. The van der Waals surface area contributed by atoms with Gasteiger partial charge in [-0.2, -0.15) is 0 Å². The van der Waals surface area contributed by atoms with Crippen LogP contribution < -0.4 is 10.6 Å². The Balaban J connectivity index is 0.00000364. The highest BCUT2D eigenvalue weighted by Crippen LogP contribution is 2.33. The largest absolute Gasteiger partial charge is 0.377 e. The molecule has 1 saturated heterocycles. The van der Waals surface area contributed by atoms with E-state index in [-0.39, 0.29) is 29.4 Å². The molecule has 0 aliphatic carbocycles. The van der Waals surface area contributed by atoms with Crippen molar-refractivity contribution in [1.29, 1.82) is 0 Å². The van der Waals surface area contributed by atoms with E-state index in [9.17, 15) is 0 Å². The van der Waals surface area contributed by atoms with Crippen LogP contribution in [0.5, 0.6) is 0 Å². The van der Waals surface area contributed by atoms with Gasteiger partial charge in [-0.3, -0.25) is 4.99 Å². The summed E-state index contributed by atoms with van der Waals surface area (Å²) in [5, 5.41) is 10.9. The minimum atomic E-state index is 0. The van der Waals surface area contributed by atoms with Gasteiger partial charge in [0.05, 0.1) is 11.8 Å². The third kappa shape index (κ3) is 7.25. The van der Waals surface area contributed by atoms with Crippen molar-refractivity contribution in [2.24, 2.45) is 16.3 Å². The highest BCUT2D eigenvalue weighted by atomic mass is 127. The van der Waals surface area contributed by atoms with Crippen LogP contribution >= 0.6 is 24.0 Å². The van der Waals surface area contributed by atoms with Gasteiger partial charge in [0.25, 0.3) is 0 Å². The van der Waals surface area contributed by atoms with Gasteiger partial charge in [0.15, 0.2) is 5.96 Å². The number of ether oxygens (including phenoxy) is 1. The molecule has 2 heterocycles. The van der Waals surface area contributed by atoms with Crippen molar-refractivity contribution in [2.75, 3.05) is 26.7 Å². The Morgan fingerprint density at radius 2 is 2.00 bits per heavy atom. The predicted octanol–water partition coefficient (Wildman–Crippen LogP) is 3.85. The number of hydrogen-bond donors (Lipinski definition) is 2. The summed E-state index contributed by atoms with van der Waals surface area (Å²) in [4.78, 5) is 4.35. The molecular weight excluding hydrogens is 455 g/mol. The number of hydrogen-bond acceptors (Lipinski definition) is 4. The van der Waals surface area contributed by atoms with Crippen LogP contribution in [0.2, 0.25) is 0 Å². The highest BCUT2D eigenvalue weighted by molar-refractivity contribution is 14.0. The molecular formula is C20H37IN4O2. The summed E-state index contributed by atoms with van der Waals surface area (Å²) in [6.45, 7) is 13.4. The van der Waals surface area contributed by atoms with Gasteiger partial charge in [-0.15, -0.1) is 24.0 Å². The molecule has 2 N–H and O–H groups in total. The van der Waals surface area contributed by atoms with Gasteiger partial charge in [-0.1, -0.05) is 25.9 Å². The maximum atomic E-state index is 6.07. The molecule has 1 aromatic rings. The zero-order chi connectivity index (χ0) is 19.2. The lowest BCUT2D eigenvalue weighted by atomic mass is 9.78. The van der Waals surface area contributed by atoms with E-state index in [4.69, 9.17) is 9.26 Å². The number of aliphatic imine (C=N–C) groups is 1. The molecule has 6 nitrogen and oxygen atoms in total. The molecule has 2 unspecified atom stereocenters. The average Bonchev–Trinajstić information content (AvgIpc) is 2.92. The second kappa shape index (κ2) is 11.2. The van der Waals surface area contributed by atoms with Crippen LogP contribution in [0.3, 0.4) is 0 Å². The molecule has 2 atom stereocenters. The van der Waals surface area contributed by atoms with E-state index in [0.717, 1.165) is 56.4 Å². The zero-order valence-corrected chi connectivity index (χ0v) is 20.1. The molecule has 1 aliphatic heterocycles. The smallest absolute Gasteiger partial charge is 0.190 e. The van der Waals surface area contributed by atoms with Crippen LogP contribution in [0.15, 0.2) is 9.52 Å². The normalized spacial score (nSPS) is 20.9. The third-order valence-corrected chi connectivity index (χ3v) is 5.13. The molecule has 7 heteroatoms. The van der Waals surface area contributed by atoms with E-state index >= 15 is 0 Å². The van der Waals surface area contributed by atoms with E-state index in [1.165, 1.54) is 12.0 Å². The van der Waals surface area contributed by atoms with Gasteiger partial charge in [-0.25, -0.2) is 0 Å². The van der Waals surface area contributed by atoms with Crippen LogP contribution in [0.1, 0.15) is 57.1 Å². The standard InChI is InChI=1S/C20H36N4O2.HI/c1-14-17(15(2)26-24-14)10-7-11-22-19(21-6)23-13-16-9-8-12-25-18(16)20(3,4)5;/h16,18H,7-13H2,1-6H3,(H2,21,22,23);1H. The van der Waals surface area contributed by atoms with E-state index < -0.39 is 0 Å². The lowest BCUT2D eigenvalue weighted by Gasteiger charge is -2.40. The first-order chi connectivity index (χ1) is 12.3. The molecule has 0 aromatic carbocycles. The Hall–Kier alpha value is -0.830. The summed E-state index contributed by atoms with van der Waals surface area (Å²) < 4.78 is 11.3. The molecule has 1 aliphatic rings. The van der Waals surface area contributed by atoms with Crippen molar-refractivity contribution in [3.8, 4) is 0 Å². The van der Waals surface area contributed by atoms with Crippen molar-refractivity contribution in [3.05, 3.63) is 17.0 Å². The van der Waals surface area contributed by atoms with Crippen LogP contribution in [-0.4, -0.2) is 44.0 Å². The summed E-state index contributed by atoms with van der Waals surface area (Å²) in [6, 6.07) is 0. The van der Waals surface area contributed by atoms with E-state index in [1.807, 2.05) is 20.9 Å². The maximum Gasteiger partial charge on any atom is 0.190 e. The van der Waals surface area contributed by atoms with E-state index in [0.29, 0.717) is 12.0 Å². The van der Waals surface area contributed by atoms with Crippen molar-refractivity contribution in [1.82, 2.24) is 15.8 Å². The first-order valence-electron chi connectivity index (χ1n) is 9.80. The number of rotatable bonds is 6. The summed E-state index contributed by atoms with van der Waals surface area (Å²) in [6.07, 6.45) is 4.62. The van der Waals surface area contributed by atoms with Crippen molar-refractivity contribution in [3.63, 3.8) is 0 Å². The number of nitrogens with one attached hydrogen (secondary N) is 2. The van der Waals surface area contributed by atoms with Gasteiger partial charge < -0.3 is 19.9 Å². The summed E-state index contributed by atoms with van der Waals surface area (Å²) >= 11 is 0. The molecule has 0 bridgehead atoms. The van der Waals surface area contributed by atoms with Gasteiger partial charge >= 0.3 is 0 Å². The molecule has 0 saturated carbocycles. The minimum absolute atomic E-state index is 0. The summed E-state index contributed by atoms with van der Waals surface area (Å²) in [7, 11) is 1.82. The molecule has 27 heavy (non-hydrogen) atoms. The number of halogens is 1. The van der Waals surface area contributed by atoms with Crippen molar-refractivity contribution < 1.29 is 9.26 Å².